The van der Waals surface area contributed by atoms with Crippen LogP contribution >= 0.6 is 11.8 Å². The van der Waals surface area contributed by atoms with Gasteiger partial charge < -0.3 is 9.30 Å². The first-order valence-corrected chi connectivity index (χ1v) is 9.72. The van der Waals surface area contributed by atoms with Gasteiger partial charge in [-0.05, 0) is 43.9 Å². The fraction of sp³-hybridized carbons (Fsp3) is 0.263. The molecule has 0 N–H and O–H groups in total. The van der Waals surface area contributed by atoms with E-state index >= 15 is 0 Å². The first-order chi connectivity index (χ1) is 13.0. The average molecular weight is 381 g/mol. The predicted molar refractivity (Wildman–Crippen MR) is 106 cm³/mol. The Kier molecular flexibility index (Phi) is 4.35. The Labute approximate surface area is 160 Å². The number of rotatable bonds is 4. The molecule has 0 saturated carbocycles. The number of hydrogen-bond donors (Lipinski definition) is 0. The molecule has 1 unspecified atom stereocenters. The molecule has 3 aromatic heterocycles. The summed E-state index contributed by atoms with van der Waals surface area (Å²) < 4.78 is 8.57. The van der Waals surface area contributed by atoms with Crippen molar-refractivity contribution in [1.29, 1.82) is 0 Å². The molecule has 1 atom stereocenters. The first-order valence-electron chi connectivity index (χ1n) is 8.49. The predicted octanol–water partition coefficient (Wildman–Crippen LogP) is 3.09. The topological polar surface area (TPSA) is 74.3 Å². The molecule has 3 heterocycles. The SMILES string of the molecule is COc1ccc(C(C)n2ccc3c(c(C)nc4nc(SC)nn43)c2=O)cc1. The fourth-order valence-electron chi connectivity index (χ4n) is 3.22. The Morgan fingerprint density at radius 1 is 1.15 bits per heavy atom. The molecule has 0 aliphatic carbocycles. The van der Waals surface area contributed by atoms with Gasteiger partial charge in [-0.2, -0.15) is 9.50 Å². The molecule has 0 saturated heterocycles. The number of fused-ring (bicyclic) bond motifs is 3. The minimum absolute atomic E-state index is 0.0936. The van der Waals surface area contributed by atoms with Crippen LogP contribution in [-0.2, 0) is 0 Å². The van der Waals surface area contributed by atoms with Crippen molar-refractivity contribution in [1.82, 2.24) is 24.1 Å². The Morgan fingerprint density at radius 2 is 1.89 bits per heavy atom. The molecule has 8 heteroatoms. The minimum atomic E-state index is -0.125. The largest absolute Gasteiger partial charge is 0.497 e. The van der Waals surface area contributed by atoms with Crippen LogP contribution in [0.15, 0.2) is 46.5 Å². The van der Waals surface area contributed by atoms with Gasteiger partial charge in [-0.3, -0.25) is 4.79 Å². The van der Waals surface area contributed by atoms with Crippen LogP contribution in [0, 0.1) is 6.92 Å². The summed E-state index contributed by atoms with van der Waals surface area (Å²) >= 11 is 1.44. The molecule has 0 aliphatic rings. The van der Waals surface area contributed by atoms with E-state index in [1.807, 2.05) is 50.4 Å². The highest BCUT2D eigenvalue weighted by molar-refractivity contribution is 7.98. The summed E-state index contributed by atoms with van der Waals surface area (Å²) in [5.41, 5.74) is 2.30. The number of ether oxygens (including phenoxy) is 1. The summed E-state index contributed by atoms with van der Waals surface area (Å²) in [6.45, 7) is 3.83. The fourth-order valence-corrected chi connectivity index (χ4v) is 3.55. The Morgan fingerprint density at radius 3 is 2.56 bits per heavy atom. The first kappa shape index (κ1) is 17.5. The van der Waals surface area contributed by atoms with Gasteiger partial charge in [0.2, 0.25) is 5.16 Å². The lowest BCUT2D eigenvalue weighted by atomic mass is 10.1. The van der Waals surface area contributed by atoms with Gasteiger partial charge in [-0.25, -0.2) is 4.98 Å². The van der Waals surface area contributed by atoms with E-state index in [0.29, 0.717) is 27.5 Å². The van der Waals surface area contributed by atoms with Gasteiger partial charge in [0.05, 0.1) is 29.7 Å². The lowest BCUT2D eigenvalue weighted by Crippen LogP contribution is -2.25. The molecule has 7 nitrogen and oxygen atoms in total. The van der Waals surface area contributed by atoms with Crippen LogP contribution in [0.25, 0.3) is 16.7 Å². The zero-order chi connectivity index (χ0) is 19.1. The molecule has 0 radical (unpaired) electrons. The second kappa shape index (κ2) is 6.70. The normalized spacial score (nSPS) is 12.6. The van der Waals surface area contributed by atoms with E-state index in [-0.39, 0.29) is 11.6 Å². The maximum Gasteiger partial charge on any atom is 0.262 e. The van der Waals surface area contributed by atoms with E-state index < -0.39 is 0 Å². The summed E-state index contributed by atoms with van der Waals surface area (Å²) in [6.07, 6.45) is 3.71. The highest BCUT2D eigenvalue weighted by Crippen LogP contribution is 2.22. The zero-order valence-corrected chi connectivity index (χ0v) is 16.3. The van der Waals surface area contributed by atoms with Crippen LogP contribution in [-0.4, -0.2) is 37.5 Å². The minimum Gasteiger partial charge on any atom is -0.497 e. The molecule has 0 spiro atoms. The van der Waals surface area contributed by atoms with E-state index in [2.05, 4.69) is 15.1 Å². The molecule has 4 rings (SSSR count). The maximum atomic E-state index is 13.2. The standard InChI is InChI=1S/C19H19N5O2S/c1-11-16-15(24-18(20-11)21-19(22-24)27-4)9-10-23(17(16)25)12(2)13-5-7-14(26-3)8-6-13/h5-10,12H,1-4H3. The molecule has 0 aliphatic heterocycles. The van der Waals surface area contributed by atoms with Gasteiger partial charge in [-0.1, -0.05) is 23.9 Å². The van der Waals surface area contributed by atoms with Crippen molar-refractivity contribution >= 4 is 28.4 Å². The van der Waals surface area contributed by atoms with Crippen LogP contribution in [0.1, 0.15) is 24.2 Å². The third-order valence-electron chi connectivity index (χ3n) is 4.72. The number of pyridine rings is 1. The molecule has 1 aromatic carbocycles. The van der Waals surface area contributed by atoms with Gasteiger partial charge >= 0.3 is 0 Å². The van der Waals surface area contributed by atoms with E-state index in [0.717, 1.165) is 11.3 Å². The van der Waals surface area contributed by atoms with Crippen LogP contribution in [0.3, 0.4) is 0 Å². The Hall–Kier alpha value is -2.87. The number of aromatic nitrogens is 5. The number of nitrogens with zero attached hydrogens (tertiary/aromatic N) is 5. The van der Waals surface area contributed by atoms with Crippen molar-refractivity contribution in [3.05, 3.63) is 58.1 Å². The molecular formula is C19H19N5O2S. The molecule has 138 valence electrons. The smallest absolute Gasteiger partial charge is 0.262 e. The number of aryl methyl sites for hydroxylation is 1. The van der Waals surface area contributed by atoms with Crippen LogP contribution in [0.5, 0.6) is 5.75 Å². The molecule has 0 fully saturated rings. The monoisotopic (exact) mass is 381 g/mol. The number of hydrogen-bond acceptors (Lipinski definition) is 6. The summed E-state index contributed by atoms with van der Waals surface area (Å²) in [5.74, 6) is 1.29. The van der Waals surface area contributed by atoms with Crippen molar-refractivity contribution in [2.45, 2.75) is 25.0 Å². The summed E-state index contributed by atoms with van der Waals surface area (Å²) in [5, 5.41) is 5.63. The number of methoxy groups -OCH3 is 1. The number of benzene rings is 1. The quantitative estimate of drug-likeness (QED) is 0.506. The number of thioether (sulfide) groups is 1. The molecule has 27 heavy (non-hydrogen) atoms. The molecule has 0 bridgehead atoms. The van der Waals surface area contributed by atoms with Crippen molar-refractivity contribution < 1.29 is 4.74 Å². The van der Waals surface area contributed by atoms with E-state index in [1.54, 1.807) is 22.4 Å². The van der Waals surface area contributed by atoms with E-state index in [1.165, 1.54) is 11.8 Å². The Bertz CT molecular complexity index is 1200. The van der Waals surface area contributed by atoms with Crippen molar-refractivity contribution in [2.75, 3.05) is 13.4 Å². The van der Waals surface area contributed by atoms with E-state index in [9.17, 15) is 4.79 Å². The second-order valence-corrected chi connectivity index (χ2v) is 7.02. The van der Waals surface area contributed by atoms with Crippen molar-refractivity contribution in [3.63, 3.8) is 0 Å². The highest BCUT2D eigenvalue weighted by Gasteiger charge is 2.17. The van der Waals surface area contributed by atoms with Gasteiger partial charge in [-0.15, -0.1) is 5.10 Å². The molecular weight excluding hydrogens is 362 g/mol. The summed E-state index contributed by atoms with van der Waals surface area (Å²) in [6, 6.07) is 9.51. The highest BCUT2D eigenvalue weighted by atomic mass is 32.2. The third kappa shape index (κ3) is 2.86. The van der Waals surface area contributed by atoms with Crippen LogP contribution in [0.4, 0.5) is 0 Å². The second-order valence-electron chi connectivity index (χ2n) is 6.25. The molecule has 0 amide bonds. The van der Waals surface area contributed by atoms with Gasteiger partial charge in [0.15, 0.2) is 0 Å². The third-order valence-corrected chi connectivity index (χ3v) is 5.26. The Balaban J connectivity index is 1.89. The lowest BCUT2D eigenvalue weighted by Gasteiger charge is -2.17. The van der Waals surface area contributed by atoms with Gasteiger partial charge in [0.1, 0.15) is 5.75 Å². The van der Waals surface area contributed by atoms with Crippen molar-refractivity contribution in [2.24, 2.45) is 0 Å². The summed E-state index contributed by atoms with van der Waals surface area (Å²) in [7, 11) is 1.63. The maximum absolute atomic E-state index is 13.2. The van der Waals surface area contributed by atoms with Gasteiger partial charge in [0.25, 0.3) is 11.3 Å². The van der Waals surface area contributed by atoms with Crippen LogP contribution < -0.4 is 10.3 Å². The summed E-state index contributed by atoms with van der Waals surface area (Å²) in [4.78, 5) is 22.1. The van der Waals surface area contributed by atoms with Gasteiger partial charge in [0, 0.05) is 6.20 Å². The zero-order valence-electron chi connectivity index (χ0n) is 15.5. The van der Waals surface area contributed by atoms with Crippen molar-refractivity contribution in [3.8, 4) is 5.75 Å². The molecule has 4 aromatic rings. The lowest BCUT2D eigenvalue weighted by molar-refractivity contribution is 0.414. The average Bonchev–Trinajstić information content (AvgIpc) is 3.10. The van der Waals surface area contributed by atoms with Crippen LogP contribution in [0.2, 0.25) is 0 Å². The van der Waals surface area contributed by atoms with E-state index in [4.69, 9.17) is 4.74 Å².